The average molecular weight is 446 g/mol. The Morgan fingerprint density at radius 3 is 2.48 bits per heavy atom. The number of carbonyl (C=O) groups excluding carboxylic acids is 2. The van der Waals surface area contributed by atoms with Gasteiger partial charge < -0.3 is 15.5 Å². The molecule has 1 unspecified atom stereocenters. The third kappa shape index (κ3) is 12.4. The lowest BCUT2D eigenvalue weighted by Gasteiger charge is -2.25. The number of fused-ring (bicyclic) bond motifs is 1. The summed E-state index contributed by atoms with van der Waals surface area (Å²) in [7, 11) is 3.57. The monoisotopic (exact) mass is 445 g/mol. The fourth-order valence-corrected chi connectivity index (χ4v) is 2.33. The lowest BCUT2D eigenvalue weighted by atomic mass is 10.1. The van der Waals surface area contributed by atoms with E-state index in [2.05, 4.69) is 20.6 Å². The van der Waals surface area contributed by atoms with Gasteiger partial charge in [-0.05, 0) is 31.1 Å². The molecular formula is C21H34F3N5O2. The molecule has 2 rings (SSSR count). The first-order chi connectivity index (χ1) is 14.1. The van der Waals surface area contributed by atoms with Gasteiger partial charge in [0.1, 0.15) is 0 Å². The van der Waals surface area contributed by atoms with Crippen LogP contribution in [0, 0.1) is 0 Å². The molecule has 7 nitrogen and oxygen atoms in total. The number of carbonyl (C=O) groups is 2. The predicted molar refractivity (Wildman–Crippen MR) is 121 cm³/mol. The van der Waals surface area contributed by atoms with E-state index in [9.17, 15) is 22.8 Å². The number of nitrogens with one attached hydrogen (secondary N) is 2. The molecule has 0 saturated carbocycles. The predicted octanol–water partition coefficient (Wildman–Crippen LogP) is 4.22. The number of aromatic nitrogens is 1. The second-order valence-electron chi connectivity index (χ2n) is 6.17. The molecule has 2 amide bonds. The van der Waals surface area contributed by atoms with E-state index in [0.717, 1.165) is 36.8 Å². The van der Waals surface area contributed by atoms with Crippen LogP contribution < -0.4 is 15.5 Å². The molecule has 1 aromatic heterocycles. The number of pyridine rings is 1. The molecule has 1 aromatic rings. The lowest BCUT2D eigenvalue weighted by Crippen LogP contribution is -2.35. The summed E-state index contributed by atoms with van der Waals surface area (Å²) in [5, 5.41) is 5.48. The molecule has 0 bridgehead atoms. The van der Waals surface area contributed by atoms with Gasteiger partial charge in [0, 0.05) is 32.9 Å². The van der Waals surface area contributed by atoms with Gasteiger partial charge in [0.2, 0.25) is 12.3 Å². The van der Waals surface area contributed by atoms with Gasteiger partial charge >= 0.3 is 6.18 Å². The van der Waals surface area contributed by atoms with E-state index >= 15 is 0 Å². The standard InChI is InChI=1S/C9H16N2O.C8H9N3O.C3H5F3.CH4/c1-4-8(6-10-3)9(5-2)11-7-12;1-11-5-7(12)10-6-3-2-4-9-8(6)11;1-2-3(4,5)6;/h4,6-7,9H,5H2,1-3H3,(H,11,12);2-4H,5H2,1H3,(H,10,12);2H2,1H3;1H4/b8-4+,10-6?;;;. The minimum absolute atomic E-state index is 0. The lowest BCUT2D eigenvalue weighted by molar-refractivity contribution is -0.130. The van der Waals surface area contributed by atoms with Crippen molar-refractivity contribution < 1.29 is 22.8 Å². The van der Waals surface area contributed by atoms with Gasteiger partial charge in [-0.2, -0.15) is 13.2 Å². The molecule has 1 atom stereocenters. The zero-order valence-corrected chi connectivity index (χ0v) is 18.0. The van der Waals surface area contributed by atoms with Crippen LogP contribution in [0.2, 0.25) is 0 Å². The molecule has 1 aliphatic rings. The minimum atomic E-state index is -3.96. The third-order valence-corrected chi connectivity index (χ3v) is 3.90. The van der Waals surface area contributed by atoms with Crippen LogP contribution >= 0.6 is 0 Å². The van der Waals surface area contributed by atoms with Crippen molar-refractivity contribution in [1.82, 2.24) is 10.3 Å². The normalized spacial score (nSPS) is 14.0. The van der Waals surface area contributed by atoms with Gasteiger partial charge in [-0.25, -0.2) is 4.98 Å². The number of amides is 2. The summed E-state index contributed by atoms with van der Waals surface area (Å²) in [5.41, 5.74) is 1.84. The van der Waals surface area contributed by atoms with Crippen molar-refractivity contribution in [3.63, 3.8) is 0 Å². The third-order valence-electron chi connectivity index (χ3n) is 3.90. The van der Waals surface area contributed by atoms with Gasteiger partial charge in [0.15, 0.2) is 5.82 Å². The number of aliphatic imine (C=N–C) groups is 1. The average Bonchev–Trinajstić information content (AvgIpc) is 2.71. The smallest absolute Gasteiger partial charge is 0.352 e. The number of hydrogen-bond acceptors (Lipinski definition) is 5. The number of allylic oxidation sites excluding steroid dienone is 1. The Bertz CT molecular complexity index is 721. The summed E-state index contributed by atoms with van der Waals surface area (Å²) in [6.07, 6.45) is 2.35. The molecular weight excluding hydrogens is 411 g/mol. The fraction of sp³-hybridized carbons (Fsp3) is 0.524. The second kappa shape index (κ2) is 15.9. The van der Waals surface area contributed by atoms with E-state index in [1.165, 1.54) is 0 Å². The molecule has 0 radical (unpaired) electrons. The number of alkyl halides is 3. The zero-order chi connectivity index (χ0) is 23.2. The second-order valence-corrected chi connectivity index (χ2v) is 6.17. The van der Waals surface area contributed by atoms with Crippen molar-refractivity contribution in [3.05, 3.63) is 30.0 Å². The summed E-state index contributed by atoms with van der Waals surface area (Å²) < 4.78 is 32.4. The Morgan fingerprint density at radius 2 is 2.03 bits per heavy atom. The molecule has 31 heavy (non-hydrogen) atoms. The Hall–Kier alpha value is -2.91. The van der Waals surface area contributed by atoms with Crippen LogP contribution in [0.1, 0.15) is 41.0 Å². The van der Waals surface area contributed by atoms with Crippen molar-refractivity contribution in [1.29, 1.82) is 0 Å². The first-order valence-corrected chi connectivity index (χ1v) is 9.44. The van der Waals surface area contributed by atoms with Crippen molar-refractivity contribution >= 4 is 30.0 Å². The molecule has 2 N–H and O–H groups in total. The number of likely N-dealkylation sites (N-methyl/N-ethyl adjacent to an activating group) is 1. The maximum atomic E-state index is 11.1. The van der Waals surface area contributed by atoms with Crippen molar-refractivity contribution in [3.8, 4) is 0 Å². The molecule has 0 aliphatic carbocycles. The Morgan fingerprint density at radius 1 is 1.42 bits per heavy atom. The van der Waals surface area contributed by atoms with E-state index in [4.69, 9.17) is 0 Å². The highest BCUT2D eigenvalue weighted by Gasteiger charge is 2.22. The van der Waals surface area contributed by atoms with E-state index < -0.39 is 12.6 Å². The highest BCUT2D eigenvalue weighted by Crippen LogP contribution is 2.24. The van der Waals surface area contributed by atoms with Crippen LogP contribution in [0.25, 0.3) is 0 Å². The first-order valence-electron chi connectivity index (χ1n) is 9.44. The Labute approximate surface area is 182 Å². The van der Waals surface area contributed by atoms with Crippen LogP contribution in [0.3, 0.4) is 0 Å². The largest absolute Gasteiger partial charge is 0.388 e. The number of rotatable bonds is 5. The van der Waals surface area contributed by atoms with Crippen LogP contribution in [-0.4, -0.2) is 56.4 Å². The summed E-state index contributed by atoms with van der Waals surface area (Å²) >= 11 is 0. The molecule has 0 saturated heterocycles. The highest BCUT2D eigenvalue weighted by atomic mass is 19.4. The topological polar surface area (TPSA) is 86.7 Å². The Kier molecular flexibility index (Phi) is 15.5. The fourth-order valence-electron chi connectivity index (χ4n) is 2.33. The van der Waals surface area contributed by atoms with Gasteiger partial charge in [-0.1, -0.05) is 27.4 Å². The van der Waals surface area contributed by atoms with Gasteiger partial charge in [0.05, 0.1) is 18.3 Å². The van der Waals surface area contributed by atoms with E-state index in [1.807, 2.05) is 37.9 Å². The van der Waals surface area contributed by atoms with Gasteiger partial charge in [-0.15, -0.1) is 0 Å². The SMILES string of the molecule is C.C/C=C(\C=NC)C(CC)NC=O.CCC(F)(F)F.CN1CC(=O)Nc2cccnc21. The maximum absolute atomic E-state index is 11.1. The van der Waals surface area contributed by atoms with Crippen LogP contribution in [0.5, 0.6) is 0 Å². The first kappa shape index (κ1) is 30.3. The highest BCUT2D eigenvalue weighted by molar-refractivity contribution is 5.99. The van der Waals surface area contributed by atoms with E-state index in [0.29, 0.717) is 6.54 Å². The molecule has 2 heterocycles. The summed E-state index contributed by atoms with van der Waals surface area (Å²) in [5.74, 6) is 0.843. The summed E-state index contributed by atoms with van der Waals surface area (Å²) in [6.45, 7) is 5.42. The van der Waals surface area contributed by atoms with E-state index in [1.54, 1.807) is 25.5 Å². The number of halogens is 3. The van der Waals surface area contributed by atoms with Crippen molar-refractivity contribution in [2.45, 2.75) is 53.3 Å². The quantitative estimate of drug-likeness (QED) is 0.525. The molecule has 0 aromatic carbocycles. The van der Waals surface area contributed by atoms with Gasteiger partial charge in [0.25, 0.3) is 0 Å². The van der Waals surface area contributed by atoms with E-state index in [-0.39, 0.29) is 19.4 Å². The maximum Gasteiger partial charge on any atom is 0.388 e. The Balaban J connectivity index is 0. The number of anilines is 2. The summed E-state index contributed by atoms with van der Waals surface area (Å²) in [6, 6.07) is 3.74. The van der Waals surface area contributed by atoms with Crippen molar-refractivity contribution in [2.75, 3.05) is 30.9 Å². The van der Waals surface area contributed by atoms with Crippen LogP contribution in [0.15, 0.2) is 35.0 Å². The number of nitrogens with zero attached hydrogens (tertiary/aromatic N) is 3. The summed E-state index contributed by atoms with van der Waals surface area (Å²) in [4.78, 5) is 31.2. The molecule has 0 fully saturated rings. The van der Waals surface area contributed by atoms with Crippen LogP contribution in [0.4, 0.5) is 24.7 Å². The molecule has 0 spiro atoms. The van der Waals surface area contributed by atoms with Crippen molar-refractivity contribution in [2.24, 2.45) is 4.99 Å². The van der Waals surface area contributed by atoms with Crippen LogP contribution in [-0.2, 0) is 9.59 Å². The molecule has 176 valence electrons. The number of hydrogen-bond donors (Lipinski definition) is 2. The minimum Gasteiger partial charge on any atom is -0.352 e. The molecule has 10 heteroatoms. The molecule has 1 aliphatic heterocycles. The zero-order valence-electron chi connectivity index (χ0n) is 18.0. The van der Waals surface area contributed by atoms with Gasteiger partial charge in [-0.3, -0.25) is 14.6 Å².